The maximum Gasteiger partial charge on any atom is 0.322 e. The van der Waals surface area contributed by atoms with Gasteiger partial charge in [-0.15, -0.1) is 0 Å². The second-order valence-electron chi connectivity index (χ2n) is 3.56. The fraction of sp³-hybridized carbons (Fsp3) is 0.600. The smallest absolute Gasteiger partial charge is 0.322 e. The molecule has 0 aliphatic heterocycles. The number of hydrogen-bond donors (Lipinski definition) is 2. The average molecular weight is 274 g/mol. The third-order valence-electron chi connectivity index (χ3n) is 1.91. The Morgan fingerprint density at radius 1 is 1.44 bits per heavy atom. The molecule has 0 unspecified atom stereocenters. The first-order chi connectivity index (χ1) is 8.61. The number of aromatic nitrogens is 3. The summed E-state index contributed by atoms with van der Waals surface area (Å²) >= 11 is 5.74. The molecular formula is C10H16ClN5O2. The zero-order valence-electron chi connectivity index (χ0n) is 10.1. The second kappa shape index (κ2) is 7.65. The minimum atomic E-state index is -0.336. The molecular weight excluding hydrogens is 258 g/mol. The van der Waals surface area contributed by atoms with Crippen LogP contribution in [0.3, 0.4) is 0 Å². The van der Waals surface area contributed by atoms with Crippen molar-refractivity contribution in [3.05, 3.63) is 5.28 Å². The number of halogens is 1. The highest BCUT2D eigenvalue weighted by Crippen LogP contribution is 2.11. The van der Waals surface area contributed by atoms with Gasteiger partial charge >= 0.3 is 6.01 Å². The number of carbonyl (C=O) groups is 1. The van der Waals surface area contributed by atoms with Crippen LogP contribution in [0.2, 0.25) is 5.28 Å². The molecule has 0 fully saturated rings. The summed E-state index contributed by atoms with van der Waals surface area (Å²) in [5, 5.41) is 2.99. The molecule has 0 saturated carbocycles. The molecule has 1 aromatic heterocycles. The van der Waals surface area contributed by atoms with Crippen molar-refractivity contribution in [3.63, 3.8) is 0 Å². The summed E-state index contributed by atoms with van der Waals surface area (Å²) in [7, 11) is 0. The quantitative estimate of drug-likeness (QED) is 0.685. The maximum atomic E-state index is 10.5. The summed E-state index contributed by atoms with van der Waals surface area (Å²) in [6.07, 6.45) is 1.76. The minimum absolute atomic E-state index is 0.0634. The van der Waals surface area contributed by atoms with E-state index in [-0.39, 0.29) is 17.2 Å². The van der Waals surface area contributed by atoms with E-state index in [1.54, 1.807) is 0 Å². The first kappa shape index (κ1) is 14.4. The third-order valence-corrected chi connectivity index (χ3v) is 2.07. The fourth-order valence-corrected chi connectivity index (χ4v) is 1.28. The van der Waals surface area contributed by atoms with E-state index in [9.17, 15) is 4.79 Å². The van der Waals surface area contributed by atoms with Crippen LogP contribution < -0.4 is 15.8 Å². The van der Waals surface area contributed by atoms with E-state index in [1.165, 1.54) is 0 Å². The van der Waals surface area contributed by atoms with E-state index in [0.29, 0.717) is 31.9 Å². The van der Waals surface area contributed by atoms with Crippen molar-refractivity contribution in [2.75, 3.05) is 18.5 Å². The number of rotatable bonds is 8. The molecule has 0 aliphatic carbocycles. The Hall–Kier alpha value is -1.63. The van der Waals surface area contributed by atoms with Crippen LogP contribution in [0.5, 0.6) is 6.01 Å². The molecule has 0 saturated heterocycles. The van der Waals surface area contributed by atoms with E-state index in [2.05, 4.69) is 20.3 Å². The van der Waals surface area contributed by atoms with Gasteiger partial charge in [0.2, 0.25) is 17.1 Å². The van der Waals surface area contributed by atoms with Crippen LogP contribution in [0.15, 0.2) is 0 Å². The number of nitrogens with two attached hydrogens (primary N) is 1. The van der Waals surface area contributed by atoms with Gasteiger partial charge in [-0.25, -0.2) is 0 Å². The SMILES string of the molecule is CCCOc1nc(Cl)nc(NCCCC(N)=O)n1. The summed E-state index contributed by atoms with van der Waals surface area (Å²) in [6, 6.07) is 0.189. The number of nitrogens with one attached hydrogen (secondary N) is 1. The highest BCUT2D eigenvalue weighted by molar-refractivity contribution is 6.28. The van der Waals surface area contributed by atoms with Crippen LogP contribution in [-0.4, -0.2) is 34.0 Å². The Kier molecular flexibility index (Phi) is 6.13. The molecule has 100 valence electrons. The molecule has 7 nitrogen and oxygen atoms in total. The number of carbonyl (C=O) groups excluding carboxylic acids is 1. The Labute approximate surface area is 110 Å². The van der Waals surface area contributed by atoms with Gasteiger partial charge in [0.05, 0.1) is 6.61 Å². The van der Waals surface area contributed by atoms with Gasteiger partial charge in [-0.3, -0.25) is 4.79 Å². The van der Waals surface area contributed by atoms with Crippen molar-refractivity contribution in [2.45, 2.75) is 26.2 Å². The number of primary amides is 1. The van der Waals surface area contributed by atoms with Crippen LogP contribution in [-0.2, 0) is 4.79 Å². The highest BCUT2D eigenvalue weighted by Gasteiger charge is 2.05. The van der Waals surface area contributed by atoms with E-state index >= 15 is 0 Å². The van der Waals surface area contributed by atoms with Crippen LogP contribution in [0.1, 0.15) is 26.2 Å². The molecule has 1 heterocycles. The molecule has 0 atom stereocenters. The monoisotopic (exact) mass is 273 g/mol. The van der Waals surface area contributed by atoms with Gasteiger partial charge in [-0.2, -0.15) is 15.0 Å². The van der Waals surface area contributed by atoms with Gasteiger partial charge in [-0.05, 0) is 24.4 Å². The Bertz CT molecular complexity index is 402. The number of amides is 1. The largest absolute Gasteiger partial charge is 0.463 e. The fourth-order valence-electron chi connectivity index (χ4n) is 1.13. The predicted octanol–water partition coefficient (Wildman–Crippen LogP) is 0.991. The van der Waals surface area contributed by atoms with Crippen molar-refractivity contribution in [1.82, 2.24) is 15.0 Å². The lowest BCUT2D eigenvalue weighted by Gasteiger charge is -2.06. The first-order valence-electron chi connectivity index (χ1n) is 5.68. The number of hydrogen-bond acceptors (Lipinski definition) is 6. The normalized spacial score (nSPS) is 10.1. The van der Waals surface area contributed by atoms with E-state index in [1.807, 2.05) is 6.92 Å². The van der Waals surface area contributed by atoms with Crippen LogP contribution in [0.4, 0.5) is 5.95 Å². The summed E-state index contributed by atoms with van der Waals surface area (Å²) in [5.41, 5.74) is 5.03. The maximum absolute atomic E-state index is 10.5. The van der Waals surface area contributed by atoms with E-state index < -0.39 is 0 Å². The van der Waals surface area contributed by atoms with Crippen LogP contribution in [0, 0.1) is 0 Å². The van der Waals surface area contributed by atoms with Crippen molar-refractivity contribution in [3.8, 4) is 6.01 Å². The molecule has 0 radical (unpaired) electrons. The molecule has 0 aliphatic rings. The topological polar surface area (TPSA) is 103 Å². The van der Waals surface area contributed by atoms with Gasteiger partial charge in [-0.1, -0.05) is 6.92 Å². The van der Waals surface area contributed by atoms with Crippen molar-refractivity contribution < 1.29 is 9.53 Å². The van der Waals surface area contributed by atoms with Gasteiger partial charge < -0.3 is 15.8 Å². The van der Waals surface area contributed by atoms with Crippen molar-refractivity contribution in [1.29, 1.82) is 0 Å². The van der Waals surface area contributed by atoms with E-state index in [0.717, 1.165) is 6.42 Å². The average Bonchev–Trinajstić information content (AvgIpc) is 2.31. The molecule has 3 N–H and O–H groups in total. The number of nitrogens with zero attached hydrogens (tertiary/aromatic N) is 3. The van der Waals surface area contributed by atoms with Gasteiger partial charge in [0.25, 0.3) is 0 Å². The molecule has 0 aromatic carbocycles. The van der Waals surface area contributed by atoms with Gasteiger partial charge in [0.15, 0.2) is 0 Å². The summed E-state index contributed by atoms with van der Waals surface area (Å²) in [6.45, 7) is 3.02. The molecule has 1 aromatic rings. The van der Waals surface area contributed by atoms with Crippen molar-refractivity contribution in [2.24, 2.45) is 5.73 Å². The number of ether oxygens (including phenoxy) is 1. The standard InChI is InChI=1S/C10H16ClN5O2/c1-2-6-18-10-15-8(11)14-9(16-10)13-5-3-4-7(12)17/h2-6H2,1H3,(H2,12,17)(H,13,14,15,16). The van der Waals surface area contributed by atoms with Crippen molar-refractivity contribution >= 4 is 23.5 Å². The summed E-state index contributed by atoms with van der Waals surface area (Å²) in [4.78, 5) is 22.3. The highest BCUT2D eigenvalue weighted by atomic mass is 35.5. The predicted molar refractivity (Wildman–Crippen MR) is 67.5 cm³/mol. The Morgan fingerprint density at radius 2 is 2.22 bits per heavy atom. The third kappa shape index (κ3) is 5.62. The molecule has 0 bridgehead atoms. The molecule has 1 amide bonds. The van der Waals surface area contributed by atoms with E-state index in [4.69, 9.17) is 22.1 Å². The minimum Gasteiger partial charge on any atom is -0.463 e. The lowest BCUT2D eigenvalue weighted by atomic mass is 10.3. The Balaban J connectivity index is 2.48. The zero-order chi connectivity index (χ0) is 13.4. The number of anilines is 1. The van der Waals surface area contributed by atoms with Crippen LogP contribution >= 0.6 is 11.6 Å². The molecule has 8 heteroatoms. The molecule has 18 heavy (non-hydrogen) atoms. The molecule has 1 rings (SSSR count). The molecule has 0 spiro atoms. The second-order valence-corrected chi connectivity index (χ2v) is 3.89. The lowest BCUT2D eigenvalue weighted by Crippen LogP contribution is -2.14. The lowest BCUT2D eigenvalue weighted by molar-refractivity contribution is -0.118. The van der Waals surface area contributed by atoms with Gasteiger partial charge in [0.1, 0.15) is 0 Å². The summed E-state index contributed by atoms with van der Waals surface area (Å²) in [5.74, 6) is -0.0111. The zero-order valence-corrected chi connectivity index (χ0v) is 10.9. The van der Waals surface area contributed by atoms with Crippen LogP contribution in [0.25, 0.3) is 0 Å². The first-order valence-corrected chi connectivity index (χ1v) is 6.06. The summed E-state index contributed by atoms with van der Waals surface area (Å²) < 4.78 is 5.26. The Morgan fingerprint density at radius 3 is 2.89 bits per heavy atom. The van der Waals surface area contributed by atoms with Gasteiger partial charge in [0, 0.05) is 13.0 Å².